The van der Waals surface area contributed by atoms with Crippen LogP contribution in [-0.2, 0) is 4.79 Å². The third-order valence-electron chi connectivity index (χ3n) is 6.91. The van der Waals surface area contributed by atoms with E-state index in [9.17, 15) is 13.6 Å². The average molecular weight is 407 g/mol. The molecule has 160 valence electrons. The Bertz CT molecular complexity index is 655. The predicted octanol–water partition coefficient (Wildman–Crippen LogP) is 6.79. The number of allylic oxidation sites excluding steroid dienone is 1. The summed E-state index contributed by atoms with van der Waals surface area (Å²) < 4.78 is 29.0. The van der Waals surface area contributed by atoms with E-state index >= 15 is 0 Å². The zero-order chi connectivity index (χ0) is 20.6. The topological polar surface area (TPSA) is 46.5 Å². The number of carbonyl (C=O) groups is 1. The first-order chi connectivity index (χ1) is 14.0. The van der Waals surface area contributed by atoms with E-state index in [1.165, 1.54) is 63.0 Å². The molecule has 3 rings (SSSR count). The number of alkyl halides is 2. The summed E-state index contributed by atoms with van der Waals surface area (Å²) >= 11 is 0. The van der Waals surface area contributed by atoms with Crippen molar-refractivity contribution < 1.29 is 23.4 Å². The van der Waals surface area contributed by atoms with Gasteiger partial charge in [0.05, 0.1) is 0 Å². The molecule has 1 N–H and O–H groups in total. The highest BCUT2D eigenvalue weighted by Gasteiger charge is 2.31. The molecule has 2 aliphatic rings. The van der Waals surface area contributed by atoms with Gasteiger partial charge in [0.2, 0.25) is 0 Å². The number of aliphatic carboxylic acids is 1. The van der Waals surface area contributed by atoms with Crippen molar-refractivity contribution in [2.75, 3.05) is 0 Å². The first kappa shape index (κ1) is 21.8. The van der Waals surface area contributed by atoms with Crippen LogP contribution in [0.2, 0.25) is 0 Å². The summed E-state index contributed by atoms with van der Waals surface area (Å²) in [5.74, 6) is 2.30. The van der Waals surface area contributed by atoms with Crippen molar-refractivity contribution in [2.24, 2.45) is 17.8 Å². The van der Waals surface area contributed by atoms with Crippen LogP contribution in [0.4, 0.5) is 8.78 Å². The minimum atomic E-state index is -2.77. The molecular weight excluding hydrogens is 374 g/mol. The second-order valence-corrected chi connectivity index (χ2v) is 8.66. The van der Waals surface area contributed by atoms with Crippen LogP contribution in [0.5, 0.6) is 5.75 Å². The van der Waals surface area contributed by atoms with Crippen LogP contribution in [0.3, 0.4) is 0 Å². The minimum absolute atomic E-state index is 0.229. The standard InChI is InChI=1S/C24H32F2O3/c25-24(26)29-22-15-13-21(14-16-22)20-11-9-19(10-12-20)18-7-5-17(6-8-18)3-1-2-4-23(27)28/h2,4,13-20,24H,1,3,5-12H2,(H,27,28)/b4-2+/t17-,18-,19-,20-. The molecule has 29 heavy (non-hydrogen) atoms. The number of ether oxygens (including phenoxy) is 1. The number of rotatable bonds is 8. The molecule has 0 bridgehead atoms. The third-order valence-corrected chi connectivity index (χ3v) is 6.91. The second kappa shape index (κ2) is 10.7. The van der Waals surface area contributed by atoms with Crippen molar-refractivity contribution in [1.29, 1.82) is 0 Å². The summed E-state index contributed by atoms with van der Waals surface area (Å²) in [4.78, 5) is 10.5. The Kier molecular flexibility index (Phi) is 8.08. The lowest BCUT2D eigenvalue weighted by molar-refractivity contribution is -0.131. The molecule has 2 fully saturated rings. The Labute approximate surface area is 172 Å². The Hall–Kier alpha value is -1.91. The Balaban J connectivity index is 1.38. The van der Waals surface area contributed by atoms with Gasteiger partial charge in [-0.15, -0.1) is 0 Å². The fourth-order valence-corrected chi connectivity index (χ4v) is 5.31. The van der Waals surface area contributed by atoms with E-state index in [1.807, 2.05) is 12.1 Å². The van der Waals surface area contributed by atoms with Gasteiger partial charge >= 0.3 is 12.6 Å². The van der Waals surface area contributed by atoms with Crippen LogP contribution in [-0.4, -0.2) is 17.7 Å². The number of halogens is 2. The molecule has 0 saturated heterocycles. The molecule has 0 spiro atoms. The van der Waals surface area contributed by atoms with Crippen LogP contribution in [0.1, 0.15) is 75.7 Å². The minimum Gasteiger partial charge on any atom is -0.478 e. The molecule has 0 atom stereocenters. The summed E-state index contributed by atoms with van der Waals surface area (Å²) in [6.45, 7) is -2.77. The van der Waals surface area contributed by atoms with Crippen molar-refractivity contribution in [3.63, 3.8) is 0 Å². The van der Waals surface area contributed by atoms with Crippen LogP contribution in [0.15, 0.2) is 36.4 Å². The van der Waals surface area contributed by atoms with Crippen molar-refractivity contribution >= 4 is 5.97 Å². The summed E-state index contributed by atoms with van der Waals surface area (Å²) in [5, 5.41) is 8.64. The fourth-order valence-electron chi connectivity index (χ4n) is 5.31. The molecule has 0 radical (unpaired) electrons. The lowest BCUT2D eigenvalue weighted by Crippen LogP contribution is -2.25. The van der Waals surface area contributed by atoms with E-state index in [0.717, 1.165) is 30.6 Å². The van der Waals surface area contributed by atoms with Gasteiger partial charge in [-0.2, -0.15) is 8.78 Å². The number of carboxylic acids is 1. The molecule has 0 amide bonds. The normalized spacial score (nSPS) is 28.0. The van der Waals surface area contributed by atoms with Crippen molar-refractivity contribution in [2.45, 2.75) is 76.7 Å². The number of hydrogen-bond acceptors (Lipinski definition) is 2. The van der Waals surface area contributed by atoms with Crippen molar-refractivity contribution in [3.05, 3.63) is 42.0 Å². The summed E-state index contributed by atoms with van der Waals surface area (Å²) in [5.41, 5.74) is 1.24. The van der Waals surface area contributed by atoms with Crippen molar-refractivity contribution in [1.82, 2.24) is 0 Å². The molecule has 0 aliphatic heterocycles. The molecule has 2 saturated carbocycles. The third kappa shape index (κ3) is 6.83. The summed E-state index contributed by atoms with van der Waals surface area (Å²) in [6.07, 6.45) is 15.1. The van der Waals surface area contributed by atoms with E-state index in [1.54, 1.807) is 18.2 Å². The Morgan fingerprint density at radius 2 is 1.59 bits per heavy atom. The van der Waals surface area contributed by atoms with Gasteiger partial charge in [0.25, 0.3) is 0 Å². The van der Waals surface area contributed by atoms with Gasteiger partial charge in [0.1, 0.15) is 5.75 Å². The fraction of sp³-hybridized carbons (Fsp3) is 0.625. The Morgan fingerprint density at radius 3 is 2.14 bits per heavy atom. The quantitative estimate of drug-likeness (QED) is 0.484. The first-order valence-electron chi connectivity index (χ1n) is 11.0. The zero-order valence-corrected chi connectivity index (χ0v) is 16.9. The Morgan fingerprint density at radius 1 is 1.00 bits per heavy atom. The van der Waals surface area contributed by atoms with E-state index in [0.29, 0.717) is 5.92 Å². The number of hydrogen-bond donors (Lipinski definition) is 1. The van der Waals surface area contributed by atoms with Crippen LogP contribution in [0.25, 0.3) is 0 Å². The van der Waals surface area contributed by atoms with Gasteiger partial charge in [0.15, 0.2) is 0 Å². The van der Waals surface area contributed by atoms with Gasteiger partial charge < -0.3 is 9.84 Å². The lowest BCUT2D eigenvalue weighted by Gasteiger charge is -2.38. The van der Waals surface area contributed by atoms with Crippen LogP contribution in [0, 0.1) is 17.8 Å². The zero-order valence-electron chi connectivity index (χ0n) is 16.9. The van der Waals surface area contributed by atoms with Gasteiger partial charge in [0, 0.05) is 6.08 Å². The van der Waals surface area contributed by atoms with Crippen LogP contribution >= 0.6 is 0 Å². The highest BCUT2D eigenvalue weighted by molar-refractivity contribution is 5.79. The SMILES string of the molecule is O=C(O)/C=C/CC[C@H]1CC[C@H]([C@H]2CC[C@H](c3ccc(OC(F)F)cc3)CC2)CC1. The monoisotopic (exact) mass is 406 g/mol. The molecule has 0 aromatic heterocycles. The van der Waals surface area contributed by atoms with E-state index in [4.69, 9.17) is 5.11 Å². The molecule has 1 aromatic rings. The molecule has 2 aliphatic carbocycles. The highest BCUT2D eigenvalue weighted by atomic mass is 19.3. The smallest absolute Gasteiger partial charge is 0.387 e. The van der Waals surface area contributed by atoms with Gasteiger partial charge in [-0.1, -0.05) is 31.1 Å². The highest BCUT2D eigenvalue weighted by Crippen LogP contribution is 2.44. The second-order valence-electron chi connectivity index (χ2n) is 8.66. The maximum Gasteiger partial charge on any atom is 0.387 e. The maximum atomic E-state index is 12.3. The lowest BCUT2D eigenvalue weighted by atomic mass is 9.68. The average Bonchev–Trinajstić information content (AvgIpc) is 2.72. The van der Waals surface area contributed by atoms with E-state index in [2.05, 4.69) is 4.74 Å². The molecule has 0 unspecified atom stereocenters. The molecule has 3 nitrogen and oxygen atoms in total. The number of carboxylic acid groups (broad SMARTS) is 1. The molecule has 0 heterocycles. The molecule has 1 aromatic carbocycles. The summed E-state index contributed by atoms with van der Waals surface area (Å²) in [6, 6.07) is 7.18. The largest absolute Gasteiger partial charge is 0.478 e. The molecule has 5 heteroatoms. The predicted molar refractivity (Wildman–Crippen MR) is 109 cm³/mol. The van der Waals surface area contributed by atoms with Crippen molar-refractivity contribution in [3.8, 4) is 5.75 Å². The summed E-state index contributed by atoms with van der Waals surface area (Å²) in [7, 11) is 0. The number of benzene rings is 1. The van der Waals surface area contributed by atoms with Crippen LogP contribution < -0.4 is 4.74 Å². The maximum absolute atomic E-state index is 12.3. The molecular formula is C24H32F2O3. The van der Waals surface area contributed by atoms with Gasteiger partial charge in [-0.05, 0) is 92.7 Å². The van der Waals surface area contributed by atoms with Gasteiger partial charge in [-0.25, -0.2) is 4.79 Å². The van der Waals surface area contributed by atoms with Gasteiger partial charge in [-0.3, -0.25) is 0 Å². The van der Waals surface area contributed by atoms with E-state index in [-0.39, 0.29) is 5.75 Å². The first-order valence-corrected chi connectivity index (χ1v) is 11.0. The van der Waals surface area contributed by atoms with E-state index < -0.39 is 12.6 Å².